The number of carboxylic acids is 1. The Labute approximate surface area is 157 Å². The van der Waals surface area contributed by atoms with Gasteiger partial charge in [-0.2, -0.15) is 0 Å². The third-order valence-electron chi connectivity index (χ3n) is 4.51. The number of carbonyl (C=O) groups is 2. The van der Waals surface area contributed by atoms with Crippen molar-refractivity contribution >= 4 is 28.0 Å². The van der Waals surface area contributed by atoms with E-state index in [1.807, 2.05) is 46.8 Å². The van der Waals surface area contributed by atoms with Crippen LogP contribution >= 0.6 is 15.9 Å². The molecule has 25 heavy (non-hydrogen) atoms. The number of benzene rings is 1. The average molecular weight is 412 g/mol. The number of amides is 1. The van der Waals surface area contributed by atoms with Gasteiger partial charge in [-0.1, -0.05) is 28.1 Å². The van der Waals surface area contributed by atoms with E-state index < -0.39 is 35.2 Å². The fraction of sp³-hybridized carbons (Fsp3) is 0.579. The van der Waals surface area contributed by atoms with Crippen LogP contribution in [0.2, 0.25) is 0 Å². The Morgan fingerprint density at radius 3 is 2.32 bits per heavy atom. The second-order valence-electron chi connectivity index (χ2n) is 8.14. The molecule has 1 heterocycles. The van der Waals surface area contributed by atoms with E-state index in [1.165, 1.54) is 0 Å². The predicted octanol–water partition coefficient (Wildman–Crippen LogP) is 4.80. The van der Waals surface area contributed by atoms with E-state index in [0.717, 1.165) is 10.9 Å². The molecule has 0 saturated carbocycles. The molecule has 1 N–H and O–H groups in total. The zero-order chi connectivity index (χ0) is 19.0. The Kier molecular flexibility index (Phi) is 5.52. The van der Waals surface area contributed by atoms with Gasteiger partial charge in [0, 0.05) is 10.0 Å². The van der Waals surface area contributed by atoms with Gasteiger partial charge in [-0.25, -0.2) is 4.79 Å². The van der Waals surface area contributed by atoms with Crippen molar-refractivity contribution < 1.29 is 19.4 Å². The third-order valence-corrected chi connectivity index (χ3v) is 5.03. The number of likely N-dealkylation sites (tertiary alicyclic amines) is 1. The Morgan fingerprint density at radius 1 is 1.28 bits per heavy atom. The first-order valence-electron chi connectivity index (χ1n) is 8.43. The van der Waals surface area contributed by atoms with Gasteiger partial charge in [0.15, 0.2) is 0 Å². The van der Waals surface area contributed by atoms with Crippen molar-refractivity contribution in [3.63, 3.8) is 0 Å². The minimum atomic E-state index is -0.932. The van der Waals surface area contributed by atoms with E-state index >= 15 is 0 Å². The number of nitrogens with zero attached hydrogens (tertiary/aromatic N) is 1. The summed E-state index contributed by atoms with van der Waals surface area (Å²) in [6, 6.07) is 6.79. The maximum atomic E-state index is 12.8. The van der Waals surface area contributed by atoms with E-state index in [1.54, 1.807) is 17.0 Å². The smallest absolute Gasteiger partial charge is 0.411 e. The summed E-state index contributed by atoms with van der Waals surface area (Å²) in [5, 5.41) is 9.87. The summed E-state index contributed by atoms with van der Waals surface area (Å²) in [5.74, 6) is -1.72. The molecule has 138 valence electrons. The summed E-state index contributed by atoms with van der Waals surface area (Å²) in [6.07, 6.45) is 0.902. The van der Waals surface area contributed by atoms with E-state index in [2.05, 4.69) is 15.9 Å². The first-order valence-corrected chi connectivity index (χ1v) is 9.22. The van der Waals surface area contributed by atoms with E-state index in [9.17, 15) is 14.7 Å². The molecule has 1 aliphatic rings. The van der Waals surface area contributed by atoms with E-state index in [0.29, 0.717) is 12.0 Å². The Morgan fingerprint density at radius 2 is 1.84 bits per heavy atom. The lowest BCUT2D eigenvalue weighted by molar-refractivity contribution is -0.140. The van der Waals surface area contributed by atoms with Gasteiger partial charge in [-0.3, -0.25) is 9.69 Å². The molecule has 1 fully saturated rings. The quantitative estimate of drug-likeness (QED) is 0.775. The van der Waals surface area contributed by atoms with Crippen molar-refractivity contribution in [2.45, 2.75) is 70.6 Å². The molecule has 0 aromatic heterocycles. The van der Waals surface area contributed by atoms with E-state index in [4.69, 9.17) is 4.74 Å². The van der Waals surface area contributed by atoms with Crippen molar-refractivity contribution in [3.8, 4) is 0 Å². The predicted molar refractivity (Wildman–Crippen MR) is 99.7 cm³/mol. The molecule has 2 rings (SSSR count). The highest BCUT2D eigenvalue weighted by Crippen LogP contribution is 2.41. The highest BCUT2D eigenvalue weighted by atomic mass is 79.9. The molecule has 5 nitrogen and oxygen atoms in total. The summed E-state index contributed by atoms with van der Waals surface area (Å²) < 4.78 is 6.44. The lowest BCUT2D eigenvalue weighted by Crippen LogP contribution is -2.51. The second-order valence-corrected chi connectivity index (χ2v) is 9.05. The molecule has 1 amide bonds. The topological polar surface area (TPSA) is 66.8 Å². The van der Waals surface area contributed by atoms with Gasteiger partial charge in [-0.05, 0) is 65.2 Å². The molecule has 1 aromatic rings. The van der Waals surface area contributed by atoms with Crippen LogP contribution in [0.25, 0.3) is 0 Å². The monoisotopic (exact) mass is 411 g/mol. The summed E-state index contributed by atoms with van der Waals surface area (Å²) in [5.41, 5.74) is -0.390. The molecule has 0 aliphatic carbocycles. The highest BCUT2D eigenvalue weighted by Gasteiger charge is 2.49. The Bertz CT molecular complexity index is 648. The molecule has 6 heteroatoms. The van der Waals surface area contributed by atoms with Gasteiger partial charge in [-0.15, -0.1) is 0 Å². The van der Waals surface area contributed by atoms with Gasteiger partial charge >= 0.3 is 12.1 Å². The molecule has 2 unspecified atom stereocenters. The maximum absolute atomic E-state index is 12.8. The zero-order valence-electron chi connectivity index (χ0n) is 15.4. The summed E-state index contributed by atoms with van der Waals surface area (Å²) in [6.45, 7) is 9.35. The largest absolute Gasteiger partial charge is 0.481 e. The van der Waals surface area contributed by atoms with Crippen LogP contribution < -0.4 is 0 Å². The first kappa shape index (κ1) is 19.8. The summed E-state index contributed by atoms with van der Waals surface area (Å²) >= 11 is 3.37. The molecule has 1 aromatic carbocycles. The van der Waals surface area contributed by atoms with Crippen LogP contribution in [0.1, 0.15) is 58.9 Å². The summed E-state index contributed by atoms with van der Waals surface area (Å²) in [4.78, 5) is 26.5. The summed E-state index contributed by atoms with van der Waals surface area (Å²) in [7, 11) is 0. The first-order chi connectivity index (χ1) is 11.4. The van der Waals surface area contributed by atoms with Crippen LogP contribution in [-0.2, 0) is 9.53 Å². The van der Waals surface area contributed by atoms with Gasteiger partial charge < -0.3 is 9.84 Å². The van der Waals surface area contributed by atoms with Crippen molar-refractivity contribution in [2.75, 3.05) is 0 Å². The van der Waals surface area contributed by atoms with Gasteiger partial charge in [0.25, 0.3) is 0 Å². The fourth-order valence-corrected chi connectivity index (χ4v) is 3.67. The minimum Gasteiger partial charge on any atom is -0.481 e. The highest BCUT2D eigenvalue weighted by molar-refractivity contribution is 9.10. The normalized spacial score (nSPS) is 21.0. The lowest BCUT2D eigenvalue weighted by atomic mass is 9.90. The van der Waals surface area contributed by atoms with Gasteiger partial charge in [0.1, 0.15) is 11.5 Å². The van der Waals surface area contributed by atoms with E-state index in [-0.39, 0.29) is 0 Å². The number of carbonyl (C=O) groups excluding carboxylic acids is 1. The molecular weight excluding hydrogens is 386 g/mol. The van der Waals surface area contributed by atoms with Crippen molar-refractivity contribution in [1.29, 1.82) is 0 Å². The van der Waals surface area contributed by atoms with Crippen LogP contribution in [0.5, 0.6) is 0 Å². The van der Waals surface area contributed by atoms with Crippen LogP contribution in [0.3, 0.4) is 0 Å². The number of ether oxygens (including phenoxy) is 1. The third kappa shape index (κ3) is 4.54. The van der Waals surface area contributed by atoms with Crippen LogP contribution in [-0.4, -0.2) is 39.3 Å². The lowest BCUT2D eigenvalue weighted by Gasteiger charge is -2.39. The zero-order valence-corrected chi connectivity index (χ0v) is 17.0. The Balaban J connectivity index is 2.40. The number of carboxylic acid groups (broad SMARTS) is 1. The molecule has 1 saturated heterocycles. The second kappa shape index (κ2) is 6.98. The van der Waals surface area contributed by atoms with Crippen LogP contribution in [0.4, 0.5) is 4.79 Å². The standard InChI is InChI=1S/C19H26BrNO4/c1-18(2,3)25-17(24)21-14(10-11-19(21,4)5)15(16(22)23)12-6-8-13(20)9-7-12/h6-9,14-15H,10-11H2,1-5H3,(H,22,23). The Hall–Kier alpha value is -1.56. The van der Waals surface area contributed by atoms with Crippen molar-refractivity contribution in [2.24, 2.45) is 0 Å². The average Bonchev–Trinajstić information content (AvgIpc) is 2.74. The number of aliphatic carboxylic acids is 1. The van der Waals surface area contributed by atoms with Crippen molar-refractivity contribution in [3.05, 3.63) is 34.3 Å². The van der Waals surface area contributed by atoms with Gasteiger partial charge in [0.2, 0.25) is 0 Å². The van der Waals surface area contributed by atoms with Gasteiger partial charge in [0.05, 0.1) is 6.04 Å². The molecule has 1 aliphatic heterocycles. The molecule has 0 spiro atoms. The number of hydrogen-bond acceptors (Lipinski definition) is 3. The maximum Gasteiger partial charge on any atom is 0.411 e. The number of halogens is 1. The SMILES string of the molecule is CC(C)(C)OC(=O)N1C(C(C(=O)O)c2ccc(Br)cc2)CCC1(C)C. The molecule has 0 bridgehead atoms. The fourth-order valence-electron chi connectivity index (χ4n) is 3.41. The molecule has 2 atom stereocenters. The minimum absolute atomic E-state index is 0.441. The van der Waals surface area contributed by atoms with Crippen molar-refractivity contribution in [1.82, 2.24) is 4.90 Å². The number of rotatable bonds is 3. The van der Waals surface area contributed by atoms with Crippen LogP contribution in [0, 0.1) is 0 Å². The molecule has 0 radical (unpaired) electrons. The molecular formula is C19H26BrNO4. The number of hydrogen-bond donors (Lipinski definition) is 1. The van der Waals surface area contributed by atoms with Crippen LogP contribution in [0.15, 0.2) is 28.7 Å².